The lowest BCUT2D eigenvalue weighted by molar-refractivity contribution is -0.133. The van der Waals surface area contributed by atoms with Crippen LogP contribution in [0.4, 0.5) is 10.5 Å². The average molecular weight is 412 g/mol. The van der Waals surface area contributed by atoms with Crippen molar-refractivity contribution in [3.8, 4) is 5.75 Å². The standard InChI is InChI=1S/C23H29N3O4/c1-24(2)23(28)30-21(18-7-5-4-6-8-18)17-22(27)26-15-13-25(14-16-26)19-9-11-20(29-3)12-10-19/h4-12,21H,13-17H2,1-3H3. The number of nitrogens with zero attached hydrogens (tertiary/aromatic N) is 3. The maximum absolute atomic E-state index is 12.9. The van der Waals surface area contributed by atoms with Crippen molar-refractivity contribution in [2.45, 2.75) is 12.5 Å². The molecule has 7 heteroatoms. The van der Waals surface area contributed by atoms with Gasteiger partial charge in [-0.05, 0) is 29.8 Å². The van der Waals surface area contributed by atoms with E-state index < -0.39 is 12.2 Å². The first kappa shape index (κ1) is 21.5. The van der Waals surface area contributed by atoms with Crippen LogP contribution in [0.1, 0.15) is 18.1 Å². The van der Waals surface area contributed by atoms with Crippen LogP contribution in [0.25, 0.3) is 0 Å². The van der Waals surface area contributed by atoms with Crippen LogP contribution in [0.5, 0.6) is 5.75 Å². The summed E-state index contributed by atoms with van der Waals surface area (Å²) in [5, 5.41) is 0. The van der Waals surface area contributed by atoms with Gasteiger partial charge in [0.2, 0.25) is 5.91 Å². The Morgan fingerprint density at radius 1 is 0.967 bits per heavy atom. The molecule has 3 rings (SSSR count). The van der Waals surface area contributed by atoms with E-state index in [1.54, 1.807) is 21.2 Å². The molecule has 1 aliphatic heterocycles. The molecule has 1 saturated heterocycles. The van der Waals surface area contributed by atoms with E-state index in [1.807, 2.05) is 59.5 Å². The second-order valence-electron chi connectivity index (χ2n) is 7.45. The van der Waals surface area contributed by atoms with Crippen LogP contribution in [-0.2, 0) is 9.53 Å². The molecule has 160 valence electrons. The van der Waals surface area contributed by atoms with E-state index in [2.05, 4.69) is 4.90 Å². The van der Waals surface area contributed by atoms with Gasteiger partial charge < -0.3 is 24.2 Å². The molecule has 1 unspecified atom stereocenters. The third-order valence-electron chi connectivity index (χ3n) is 5.21. The molecule has 0 spiro atoms. The molecule has 1 heterocycles. The minimum atomic E-state index is -0.604. The second-order valence-corrected chi connectivity index (χ2v) is 7.45. The zero-order valence-corrected chi connectivity index (χ0v) is 17.8. The minimum absolute atomic E-state index is 0.00945. The van der Waals surface area contributed by atoms with Gasteiger partial charge in [-0.25, -0.2) is 4.79 Å². The number of ether oxygens (including phenoxy) is 2. The van der Waals surface area contributed by atoms with Gasteiger partial charge in [-0.3, -0.25) is 4.79 Å². The third kappa shape index (κ3) is 5.43. The molecule has 0 aromatic heterocycles. The summed E-state index contributed by atoms with van der Waals surface area (Å²) in [6.07, 6.45) is -0.930. The Labute approximate surface area is 177 Å². The summed E-state index contributed by atoms with van der Waals surface area (Å²) in [6, 6.07) is 17.4. The lowest BCUT2D eigenvalue weighted by atomic mass is 10.1. The molecule has 7 nitrogen and oxygen atoms in total. The van der Waals surface area contributed by atoms with Crippen molar-refractivity contribution in [2.75, 3.05) is 52.3 Å². The summed E-state index contributed by atoms with van der Waals surface area (Å²) in [5.41, 5.74) is 1.93. The smallest absolute Gasteiger partial charge is 0.409 e. The number of amides is 2. The fourth-order valence-corrected chi connectivity index (χ4v) is 3.42. The predicted octanol–water partition coefficient (Wildman–Crippen LogP) is 3.17. The van der Waals surface area contributed by atoms with E-state index in [1.165, 1.54) is 4.90 Å². The van der Waals surface area contributed by atoms with Gasteiger partial charge in [-0.15, -0.1) is 0 Å². The fourth-order valence-electron chi connectivity index (χ4n) is 3.42. The first-order valence-corrected chi connectivity index (χ1v) is 10.1. The molecular weight excluding hydrogens is 382 g/mol. The Morgan fingerprint density at radius 3 is 2.17 bits per heavy atom. The van der Waals surface area contributed by atoms with Crippen molar-refractivity contribution in [2.24, 2.45) is 0 Å². The summed E-state index contributed by atoms with van der Waals surface area (Å²) >= 11 is 0. The van der Waals surface area contributed by atoms with Crippen LogP contribution in [-0.4, -0.2) is 69.2 Å². The lowest BCUT2D eigenvalue weighted by Crippen LogP contribution is -2.49. The largest absolute Gasteiger partial charge is 0.497 e. The quantitative estimate of drug-likeness (QED) is 0.731. The molecule has 0 saturated carbocycles. The highest BCUT2D eigenvalue weighted by molar-refractivity contribution is 5.78. The van der Waals surface area contributed by atoms with Gasteiger partial charge in [-0.1, -0.05) is 30.3 Å². The highest BCUT2D eigenvalue weighted by Gasteiger charge is 2.27. The molecule has 0 bridgehead atoms. The highest BCUT2D eigenvalue weighted by atomic mass is 16.6. The number of methoxy groups -OCH3 is 1. The van der Waals surface area contributed by atoms with Crippen molar-refractivity contribution in [3.05, 3.63) is 60.2 Å². The van der Waals surface area contributed by atoms with E-state index in [4.69, 9.17) is 9.47 Å². The van der Waals surface area contributed by atoms with Crippen molar-refractivity contribution in [1.29, 1.82) is 0 Å². The normalized spacial score (nSPS) is 14.8. The number of carbonyl (C=O) groups is 2. The van der Waals surface area contributed by atoms with Gasteiger partial charge in [-0.2, -0.15) is 0 Å². The highest BCUT2D eigenvalue weighted by Crippen LogP contribution is 2.25. The molecule has 1 fully saturated rings. The third-order valence-corrected chi connectivity index (χ3v) is 5.21. The number of anilines is 1. The van der Waals surface area contributed by atoms with Crippen LogP contribution < -0.4 is 9.64 Å². The number of hydrogen-bond acceptors (Lipinski definition) is 5. The van der Waals surface area contributed by atoms with Crippen molar-refractivity contribution < 1.29 is 19.1 Å². The summed E-state index contributed by atoms with van der Waals surface area (Å²) in [5.74, 6) is 0.816. The average Bonchev–Trinajstić information content (AvgIpc) is 2.79. The molecule has 1 aliphatic rings. The van der Waals surface area contributed by atoms with Gasteiger partial charge in [0.25, 0.3) is 0 Å². The molecule has 0 N–H and O–H groups in total. The summed E-state index contributed by atoms with van der Waals surface area (Å²) in [7, 11) is 4.91. The number of piperazine rings is 1. The Morgan fingerprint density at radius 2 is 1.60 bits per heavy atom. The number of carbonyl (C=O) groups excluding carboxylic acids is 2. The zero-order valence-electron chi connectivity index (χ0n) is 17.8. The molecule has 2 aromatic carbocycles. The first-order valence-electron chi connectivity index (χ1n) is 10.1. The van der Waals surface area contributed by atoms with Crippen molar-refractivity contribution >= 4 is 17.7 Å². The summed E-state index contributed by atoms with van der Waals surface area (Å²) in [6.45, 7) is 2.78. The van der Waals surface area contributed by atoms with E-state index in [0.717, 1.165) is 30.1 Å². The predicted molar refractivity (Wildman–Crippen MR) is 116 cm³/mol. The van der Waals surface area contributed by atoms with Crippen LogP contribution in [0, 0.1) is 0 Å². The van der Waals surface area contributed by atoms with E-state index in [-0.39, 0.29) is 12.3 Å². The van der Waals surface area contributed by atoms with Crippen molar-refractivity contribution in [3.63, 3.8) is 0 Å². The van der Waals surface area contributed by atoms with Gasteiger partial charge >= 0.3 is 6.09 Å². The van der Waals surface area contributed by atoms with Gasteiger partial charge in [0.05, 0.1) is 13.5 Å². The monoisotopic (exact) mass is 411 g/mol. The second kappa shape index (κ2) is 10.0. The molecule has 0 aliphatic carbocycles. The van der Waals surface area contributed by atoms with Gasteiger partial charge in [0.15, 0.2) is 0 Å². The van der Waals surface area contributed by atoms with Crippen LogP contribution in [0.15, 0.2) is 54.6 Å². The summed E-state index contributed by atoms with van der Waals surface area (Å²) < 4.78 is 10.8. The molecule has 1 atom stereocenters. The number of hydrogen-bond donors (Lipinski definition) is 0. The maximum Gasteiger partial charge on any atom is 0.409 e. The van der Waals surface area contributed by atoms with E-state index in [0.29, 0.717) is 13.1 Å². The molecular formula is C23H29N3O4. The van der Waals surface area contributed by atoms with Gasteiger partial charge in [0.1, 0.15) is 11.9 Å². The SMILES string of the molecule is COc1ccc(N2CCN(C(=O)CC(OC(=O)N(C)C)c3ccccc3)CC2)cc1. The molecule has 2 aromatic rings. The Bertz CT molecular complexity index is 831. The molecule has 30 heavy (non-hydrogen) atoms. The number of rotatable bonds is 6. The first-order chi connectivity index (χ1) is 14.5. The van der Waals surface area contributed by atoms with Gasteiger partial charge in [0, 0.05) is 46.0 Å². The van der Waals surface area contributed by atoms with E-state index in [9.17, 15) is 9.59 Å². The van der Waals surface area contributed by atoms with Crippen LogP contribution in [0.3, 0.4) is 0 Å². The fraction of sp³-hybridized carbons (Fsp3) is 0.391. The van der Waals surface area contributed by atoms with Crippen LogP contribution >= 0.6 is 0 Å². The Balaban J connectivity index is 1.60. The lowest BCUT2D eigenvalue weighted by Gasteiger charge is -2.36. The Hall–Kier alpha value is -3.22. The van der Waals surface area contributed by atoms with Crippen molar-refractivity contribution in [1.82, 2.24) is 9.80 Å². The van der Waals surface area contributed by atoms with E-state index >= 15 is 0 Å². The topological polar surface area (TPSA) is 62.3 Å². The molecule has 2 amide bonds. The number of benzene rings is 2. The maximum atomic E-state index is 12.9. The zero-order chi connectivity index (χ0) is 21.5. The Kier molecular flexibility index (Phi) is 7.17. The molecule has 0 radical (unpaired) electrons. The van der Waals surface area contributed by atoms with Crippen LogP contribution in [0.2, 0.25) is 0 Å². The minimum Gasteiger partial charge on any atom is -0.497 e. The summed E-state index contributed by atoms with van der Waals surface area (Å²) in [4.78, 5) is 30.5.